The van der Waals surface area contributed by atoms with Crippen LogP contribution in [0.25, 0.3) is 0 Å². The number of amides is 2. The molecule has 19 heavy (non-hydrogen) atoms. The van der Waals surface area contributed by atoms with Crippen LogP contribution >= 0.6 is 12.4 Å². The Morgan fingerprint density at radius 2 is 1.89 bits per heavy atom. The van der Waals surface area contributed by atoms with Crippen molar-refractivity contribution in [2.75, 3.05) is 13.1 Å². The molecule has 5 nitrogen and oxygen atoms in total. The van der Waals surface area contributed by atoms with E-state index in [0.29, 0.717) is 18.7 Å². The van der Waals surface area contributed by atoms with Gasteiger partial charge < -0.3 is 16.4 Å². The fourth-order valence-electron chi connectivity index (χ4n) is 0.798. The second kappa shape index (κ2) is 14.7. The predicted molar refractivity (Wildman–Crippen MR) is 82.2 cm³/mol. The normalized spacial score (nSPS) is 8.47. The van der Waals surface area contributed by atoms with Crippen molar-refractivity contribution in [3.63, 3.8) is 0 Å². The van der Waals surface area contributed by atoms with Crippen molar-refractivity contribution < 1.29 is 9.59 Å². The van der Waals surface area contributed by atoms with E-state index in [4.69, 9.17) is 5.73 Å². The topological polar surface area (TPSA) is 84.2 Å². The zero-order valence-corrected chi connectivity index (χ0v) is 12.8. The quantitative estimate of drug-likeness (QED) is 0.507. The summed E-state index contributed by atoms with van der Waals surface area (Å²) in [4.78, 5) is 21.2. The van der Waals surface area contributed by atoms with E-state index in [1.54, 1.807) is 6.92 Å². The number of nitrogens with two attached hydrogens (primary N) is 1. The van der Waals surface area contributed by atoms with Crippen molar-refractivity contribution in [2.45, 2.75) is 33.2 Å². The molecule has 0 rings (SSSR count). The Balaban J connectivity index is -0.000000262. The molecular formula is C13H26ClN3O2. The third kappa shape index (κ3) is 19.2. The van der Waals surface area contributed by atoms with Gasteiger partial charge in [0.05, 0.1) is 0 Å². The van der Waals surface area contributed by atoms with Crippen LogP contribution in [0.4, 0.5) is 0 Å². The maximum atomic E-state index is 10.8. The van der Waals surface area contributed by atoms with Crippen molar-refractivity contribution >= 4 is 24.2 Å². The molecule has 0 fully saturated rings. The summed E-state index contributed by atoms with van der Waals surface area (Å²) in [7, 11) is 0. The number of halogens is 1. The highest BCUT2D eigenvalue weighted by atomic mass is 35.5. The van der Waals surface area contributed by atoms with Crippen LogP contribution in [-0.2, 0) is 9.59 Å². The molecule has 0 aliphatic carbocycles. The Kier molecular flexibility index (Phi) is 17.7. The first-order chi connectivity index (χ1) is 8.34. The van der Waals surface area contributed by atoms with E-state index < -0.39 is 0 Å². The molecular weight excluding hydrogens is 266 g/mol. The van der Waals surface area contributed by atoms with Gasteiger partial charge in [-0.05, 0) is 39.8 Å². The third-order valence-electron chi connectivity index (χ3n) is 1.67. The number of hydrogen-bond donors (Lipinski definition) is 3. The van der Waals surface area contributed by atoms with Crippen molar-refractivity contribution in [3.05, 3.63) is 24.8 Å². The first-order valence-corrected chi connectivity index (χ1v) is 5.91. The van der Waals surface area contributed by atoms with Crippen LogP contribution in [-0.4, -0.2) is 30.9 Å². The summed E-state index contributed by atoms with van der Waals surface area (Å²) in [6, 6.07) is 0.209. The monoisotopic (exact) mass is 291 g/mol. The molecule has 0 aliphatic rings. The van der Waals surface area contributed by atoms with Crippen molar-refractivity contribution in [1.82, 2.24) is 10.6 Å². The molecule has 6 heteroatoms. The standard InChI is InChI=1S/C7H14N2O.C6H11NO.ClH/c1-6(2)7(10)9-5-3-4-8;1-4-6(8)7-5(2)3;/h1,3-5,8H2,2H3,(H,9,10);4-5H,1H2,2-3H3,(H,7,8);1H. The Morgan fingerprint density at radius 1 is 1.37 bits per heavy atom. The van der Waals surface area contributed by atoms with Crippen molar-refractivity contribution in [1.29, 1.82) is 0 Å². The summed E-state index contributed by atoms with van der Waals surface area (Å²) in [5.41, 5.74) is 5.76. The van der Waals surface area contributed by atoms with E-state index in [1.807, 2.05) is 13.8 Å². The van der Waals surface area contributed by atoms with Gasteiger partial charge >= 0.3 is 0 Å². The van der Waals surface area contributed by atoms with E-state index >= 15 is 0 Å². The lowest BCUT2D eigenvalue weighted by molar-refractivity contribution is -0.118. The number of carbonyl (C=O) groups is 2. The zero-order valence-electron chi connectivity index (χ0n) is 12.0. The predicted octanol–water partition coefficient (Wildman–Crippen LogP) is 1.15. The largest absolute Gasteiger partial charge is 0.352 e. The second-order valence-electron chi connectivity index (χ2n) is 4.05. The fourth-order valence-corrected chi connectivity index (χ4v) is 0.798. The minimum absolute atomic E-state index is 0. The Bertz CT molecular complexity index is 292. The SMILES string of the molecule is C=C(C)C(=O)NCCCN.C=CC(=O)NC(C)C.Cl. The smallest absolute Gasteiger partial charge is 0.246 e. The van der Waals surface area contributed by atoms with Gasteiger partial charge in [0.25, 0.3) is 0 Å². The maximum absolute atomic E-state index is 10.8. The minimum atomic E-state index is -0.111. The molecule has 2 amide bonds. The molecule has 0 atom stereocenters. The van der Waals surface area contributed by atoms with Crippen LogP contribution < -0.4 is 16.4 Å². The Labute approximate surface area is 122 Å². The van der Waals surface area contributed by atoms with E-state index in [1.165, 1.54) is 6.08 Å². The number of hydrogen-bond acceptors (Lipinski definition) is 3. The van der Waals surface area contributed by atoms with E-state index in [0.717, 1.165) is 6.42 Å². The fraction of sp³-hybridized carbons (Fsp3) is 0.538. The number of nitrogens with one attached hydrogen (secondary N) is 2. The lowest BCUT2D eigenvalue weighted by Crippen LogP contribution is -2.27. The van der Waals surface area contributed by atoms with Gasteiger partial charge in [0.2, 0.25) is 11.8 Å². The van der Waals surface area contributed by atoms with Crippen molar-refractivity contribution in [3.8, 4) is 0 Å². The summed E-state index contributed by atoms with van der Waals surface area (Å²) in [6.45, 7) is 13.5. The van der Waals surface area contributed by atoms with Gasteiger partial charge in [-0.25, -0.2) is 0 Å². The highest BCUT2D eigenvalue weighted by molar-refractivity contribution is 5.92. The molecule has 0 unspecified atom stereocenters. The van der Waals surface area contributed by atoms with Crippen molar-refractivity contribution in [2.24, 2.45) is 5.73 Å². The van der Waals surface area contributed by atoms with Crippen LogP contribution in [0, 0.1) is 0 Å². The van der Waals surface area contributed by atoms with Crippen LogP contribution in [0.5, 0.6) is 0 Å². The molecule has 0 bridgehead atoms. The van der Waals surface area contributed by atoms with Gasteiger partial charge in [-0.3, -0.25) is 9.59 Å². The summed E-state index contributed by atoms with van der Waals surface area (Å²) < 4.78 is 0. The van der Waals surface area contributed by atoms with Gasteiger partial charge in [-0.1, -0.05) is 13.2 Å². The summed E-state index contributed by atoms with van der Waals surface area (Å²) in [5, 5.41) is 5.30. The first-order valence-electron chi connectivity index (χ1n) is 5.91. The van der Waals surface area contributed by atoms with Crippen LogP contribution in [0.3, 0.4) is 0 Å². The molecule has 0 heterocycles. The van der Waals surface area contributed by atoms with E-state index in [-0.39, 0.29) is 30.3 Å². The molecule has 0 aromatic carbocycles. The zero-order chi connectivity index (χ0) is 14.6. The van der Waals surface area contributed by atoms with E-state index in [2.05, 4.69) is 23.8 Å². The van der Waals surface area contributed by atoms with Crippen LogP contribution in [0.2, 0.25) is 0 Å². The van der Waals surface area contributed by atoms with E-state index in [9.17, 15) is 9.59 Å². The lowest BCUT2D eigenvalue weighted by Gasteiger charge is -2.02. The molecule has 0 aromatic rings. The summed E-state index contributed by atoms with van der Waals surface area (Å²) in [5.74, 6) is -0.201. The van der Waals surface area contributed by atoms with Gasteiger partial charge in [-0.2, -0.15) is 0 Å². The average molecular weight is 292 g/mol. The molecule has 112 valence electrons. The number of carbonyl (C=O) groups excluding carboxylic acids is 2. The first kappa shape index (κ1) is 22.8. The minimum Gasteiger partial charge on any atom is -0.352 e. The second-order valence-corrected chi connectivity index (χ2v) is 4.05. The Morgan fingerprint density at radius 3 is 2.16 bits per heavy atom. The lowest BCUT2D eigenvalue weighted by atomic mass is 10.3. The molecule has 0 spiro atoms. The Hall–Kier alpha value is -1.33. The van der Waals surface area contributed by atoms with Gasteiger partial charge in [0.15, 0.2) is 0 Å². The van der Waals surface area contributed by atoms with Gasteiger partial charge in [0, 0.05) is 18.2 Å². The van der Waals surface area contributed by atoms with Crippen LogP contribution in [0.1, 0.15) is 27.2 Å². The highest BCUT2D eigenvalue weighted by Gasteiger charge is 1.97. The highest BCUT2D eigenvalue weighted by Crippen LogP contribution is 1.84. The molecule has 0 radical (unpaired) electrons. The molecule has 0 aliphatic heterocycles. The third-order valence-corrected chi connectivity index (χ3v) is 1.67. The van der Waals surface area contributed by atoms with Crippen LogP contribution in [0.15, 0.2) is 24.8 Å². The molecule has 0 saturated carbocycles. The molecule has 0 saturated heterocycles. The number of rotatable bonds is 6. The maximum Gasteiger partial charge on any atom is 0.246 e. The van der Waals surface area contributed by atoms with Gasteiger partial charge in [-0.15, -0.1) is 12.4 Å². The summed E-state index contributed by atoms with van der Waals surface area (Å²) in [6.07, 6.45) is 2.08. The summed E-state index contributed by atoms with van der Waals surface area (Å²) >= 11 is 0. The molecule has 4 N–H and O–H groups in total. The molecule has 0 aromatic heterocycles. The van der Waals surface area contributed by atoms with Gasteiger partial charge in [0.1, 0.15) is 0 Å². The average Bonchev–Trinajstić information content (AvgIpc) is 2.29.